The first-order chi connectivity index (χ1) is 17.2. The SMILES string of the molecule is O=C(N/N=C/c1ccccc1)c1ccccc1Nc1ccccc1C(=O)N/N=C/c1ccccc1. The van der Waals surface area contributed by atoms with Gasteiger partial charge in [-0.15, -0.1) is 0 Å². The predicted molar refractivity (Wildman–Crippen MR) is 139 cm³/mol. The molecule has 4 aromatic rings. The summed E-state index contributed by atoms with van der Waals surface area (Å²) in [5.41, 5.74) is 8.67. The van der Waals surface area contributed by atoms with Crippen LogP contribution in [0.25, 0.3) is 0 Å². The smallest absolute Gasteiger partial charge is 0.273 e. The number of nitrogens with zero attached hydrogens (tertiary/aromatic N) is 2. The molecule has 4 aromatic carbocycles. The van der Waals surface area contributed by atoms with Crippen LogP contribution in [0.2, 0.25) is 0 Å². The van der Waals surface area contributed by atoms with Crippen LogP contribution in [0.5, 0.6) is 0 Å². The number of hydrazone groups is 2. The van der Waals surface area contributed by atoms with E-state index in [0.29, 0.717) is 22.5 Å². The van der Waals surface area contributed by atoms with Crippen molar-refractivity contribution in [1.82, 2.24) is 10.9 Å². The predicted octanol–water partition coefficient (Wildman–Crippen LogP) is 4.96. The maximum atomic E-state index is 12.8. The average Bonchev–Trinajstić information content (AvgIpc) is 2.90. The molecule has 0 unspecified atom stereocenters. The lowest BCUT2D eigenvalue weighted by atomic mass is 10.1. The molecule has 0 bridgehead atoms. The van der Waals surface area contributed by atoms with Gasteiger partial charge in [-0.05, 0) is 35.4 Å². The van der Waals surface area contributed by atoms with Gasteiger partial charge < -0.3 is 5.32 Å². The summed E-state index contributed by atoms with van der Waals surface area (Å²) in [7, 11) is 0. The van der Waals surface area contributed by atoms with Crippen LogP contribution < -0.4 is 16.2 Å². The Morgan fingerprint density at radius 1 is 0.514 bits per heavy atom. The van der Waals surface area contributed by atoms with Crippen LogP contribution in [0, 0.1) is 0 Å². The molecule has 172 valence electrons. The molecule has 0 aliphatic heterocycles. The molecule has 0 radical (unpaired) electrons. The van der Waals surface area contributed by atoms with Gasteiger partial charge in [0.1, 0.15) is 0 Å². The monoisotopic (exact) mass is 461 g/mol. The van der Waals surface area contributed by atoms with Gasteiger partial charge >= 0.3 is 0 Å². The maximum Gasteiger partial charge on any atom is 0.273 e. The Bertz CT molecular complexity index is 1250. The second-order valence-electron chi connectivity index (χ2n) is 7.44. The van der Waals surface area contributed by atoms with Gasteiger partial charge in [0.05, 0.1) is 34.9 Å². The number of rotatable bonds is 8. The molecular weight excluding hydrogens is 438 g/mol. The van der Waals surface area contributed by atoms with E-state index in [4.69, 9.17) is 0 Å². The van der Waals surface area contributed by atoms with Crippen molar-refractivity contribution in [2.45, 2.75) is 0 Å². The third-order valence-corrected chi connectivity index (χ3v) is 4.97. The van der Waals surface area contributed by atoms with E-state index in [1.807, 2.05) is 60.7 Å². The number of hydrogen-bond acceptors (Lipinski definition) is 5. The fraction of sp³-hybridized carbons (Fsp3) is 0. The molecule has 4 rings (SSSR count). The number of hydrogen-bond donors (Lipinski definition) is 3. The van der Waals surface area contributed by atoms with Gasteiger partial charge in [-0.3, -0.25) is 9.59 Å². The van der Waals surface area contributed by atoms with E-state index in [1.165, 1.54) is 0 Å². The van der Waals surface area contributed by atoms with Gasteiger partial charge in [0.2, 0.25) is 0 Å². The summed E-state index contributed by atoms with van der Waals surface area (Å²) in [6.45, 7) is 0. The van der Waals surface area contributed by atoms with Crippen LogP contribution in [0.1, 0.15) is 31.8 Å². The number of amides is 2. The lowest BCUT2D eigenvalue weighted by molar-refractivity contribution is 0.0948. The number of nitrogens with one attached hydrogen (secondary N) is 3. The van der Waals surface area contributed by atoms with Gasteiger partial charge in [-0.1, -0.05) is 84.9 Å². The highest BCUT2D eigenvalue weighted by Gasteiger charge is 2.14. The van der Waals surface area contributed by atoms with Gasteiger partial charge in [-0.25, -0.2) is 10.9 Å². The summed E-state index contributed by atoms with van der Waals surface area (Å²) in [5.74, 6) is -0.760. The van der Waals surface area contributed by atoms with Gasteiger partial charge in [-0.2, -0.15) is 10.2 Å². The minimum atomic E-state index is -0.380. The molecule has 2 amide bonds. The second kappa shape index (κ2) is 11.7. The molecule has 0 aliphatic carbocycles. The molecule has 0 aromatic heterocycles. The molecule has 0 spiro atoms. The standard InChI is InChI=1S/C28H23N5O2/c34-27(32-29-19-21-11-3-1-4-12-21)23-15-7-9-17-25(23)31-26-18-10-8-16-24(26)28(35)33-30-20-22-13-5-2-6-14-22/h1-20,31H,(H,32,34)(H,33,35)/b29-19+,30-20+. The topological polar surface area (TPSA) is 95.0 Å². The Kier molecular flexibility index (Phi) is 7.74. The Balaban J connectivity index is 1.47. The van der Waals surface area contributed by atoms with Crippen molar-refractivity contribution in [1.29, 1.82) is 0 Å². The molecule has 7 heteroatoms. The minimum Gasteiger partial charge on any atom is -0.354 e. The molecule has 35 heavy (non-hydrogen) atoms. The fourth-order valence-electron chi connectivity index (χ4n) is 3.25. The molecular formula is C28H23N5O2. The summed E-state index contributed by atoms with van der Waals surface area (Å²) in [4.78, 5) is 25.6. The number of benzene rings is 4. The zero-order valence-corrected chi connectivity index (χ0v) is 18.8. The largest absolute Gasteiger partial charge is 0.354 e. The van der Waals surface area contributed by atoms with Crippen LogP contribution in [0.3, 0.4) is 0 Å². The van der Waals surface area contributed by atoms with Gasteiger partial charge in [0.25, 0.3) is 11.8 Å². The van der Waals surface area contributed by atoms with Crippen LogP contribution in [-0.4, -0.2) is 24.2 Å². The molecule has 3 N–H and O–H groups in total. The van der Waals surface area contributed by atoms with Crippen LogP contribution in [-0.2, 0) is 0 Å². The summed E-state index contributed by atoms with van der Waals surface area (Å²) in [5, 5.41) is 11.3. The Labute approximate surface area is 203 Å². The number of carbonyl (C=O) groups is 2. The summed E-state index contributed by atoms with van der Waals surface area (Å²) < 4.78 is 0. The first-order valence-electron chi connectivity index (χ1n) is 10.9. The van der Waals surface area contributed by atoms with Crippen molar-refractivity contribution in [2.24, 2.45) is 10.2 Å². The molecule has 0 aliphatic rings. The Morgan fingerprint density at radius 2 is 0.886 bits per heavy atom. The number of anilines is 2. The minimum absolute atomic E-state index is 0.380. The molecule has 7 nitrogen and oxygen atoms in total. The highest BCUT2D eigenvalue weighted by atomic mass is 16.2. The van der Waals surface area contributed by atoms with Gasteiger partial charge in [0, 0.05) is 0 Å². The van der Waals surface area contributed by atoms with Crippen LogP contribution >= 0.6 is 0 Å². The number of para-hydroxylation sites is 2. The van der Waals surface area contributed by atoms with Crippen molar-refractivity contribution in [3.8, 4) is 0 Å². The average molecular weight is 462 g/mol. The number of carbonyl (C=O) groups excluding carboxylic acids is 2. The van der Waals surface area contributed by atoms with Crippen molar-refractivity contribution in [3.05, 3.63) is 131 Å². The molecule has 0 heterocycles. The van der Waals surface area contributed by atoms with E-state index in [1.54, 1.807) is 61.0 Å². The molecule has 0 fully saturated rings. The lowest BCUT2D eigenvalue weighted by Crippen LogP contribution is -2.20. The highest BCUT2D eigenvalue weighted by Crippen LogP contribution is 2.24. The third-order valence-electron chi connectivity index (χ3n) is 4.97. The molecule has 0 saturated heterocycles. The van der Waals surface area contributed by atoms with E-state index in [9.17, 15) is 9.59 Å². The van der Waals surface area contributed by atoms with Crippen molar-refractivity contribution in [3.63, 3.8) is 0 Å². The van der Waals surface area contributed by atoms with E-state index < -0.39 is 0 Å². The summed E-state index contributed by atoms with van der Waals surface area (Å²) in [6.07, 6.45) is 3.15. The van der Waals surface area contributed by atoms with E-state index in [2.05, 4.69) is 26.4 Å². The second-order valence-corrected chi connectivity index (χ2v) is 7.44. The van der Waals surface area contributed by atoms with Crippen LogP contribution in [0.4, 0.5) is 11.4 Å². The zero-order chi connectivity index (χ0) is 24.3. The third kappa shape index (κ3) is 6.49. The van der Waals surface area contributed by atoms with Gasteiger partial charge in [0.15, 0.2) is 0 Å². The highest BCUT2D eigenvalue weighted by molar-refractivity contribution is 6.03. The summed E-state index contributed by atoms with van der Waals surface area (Å²) >= 11 is 0. The van der Waals surface area contributed by atoms with E-state index in [-0.39, 0.29) is 11.8 Å². The lowest BCUT2D eigenvalue weighted by Gasteiger charge is -2.14. The first kappa shape index (κ1) is 23.1. The van der Waals surface area contributed by atoms with Crippen molar-refractivity contribution >= 4 is 35.6 Å². The van der Waals surface area contributed by atoms with Crippen molar-refractivity contribution < 1.29 is 9.59 Å². The van der Waals surface area contributed by atoms with Crippen LogP contribution in [0.15, 0.2) is 119 Å². The summed E-state index contributed by atoms with van der Waals surface area (Å²) in [6, 6.07) is 33.0. The Morgan fingerprint density at radius 3 is 1.31 bits per heavy atom. The zero-order valence-electron chi connectivity index (χ0n) is 18.8. The first-order valence-corrected chi connectivity index (χ1v) is 10.9. The molecule has 0 saturated carbocycles. The normalized spacial score (nSPS) is 10.9. The quantitative estimate of drug-likeness (QED) is 0.256. The molecule has 0 atom stereocenters. The Hall–Kier alpha value is -5.04. The maximum absolute atomic E-state index is 12.8. The van der Waals surface area contributed by atoms with E-state index in [0.717, 1.165) is 11.1 Å². The van der Waals surface area contributed by atoms with E-state index >= 15 is 0 Å². The fourth-order valence-corrected chi connectivity index (χ4v) is 3.25. The van der Waals surface area contributed by atoms with Crippen molar-refractivity contribution in [2.75, 3.05) is 5.32 Å².